The number of fused-ring (bicyclic) bond motifs is 1. The molecule has 0 saturated heterocycles. The van der Waals surface area contributed by atoms with Crippen molar-refractivity contribution in [3.8, 4) is 0 Å². The third-order valence-electron chi connectivity index (χ3n) is 2.24. The summed E-state index contributed by atoms with van der Waals surface area (Å²) in [4.78, 5) is 11.4. The van der Waals surface area contributed by atoms with E-state index in [2.05, 4.69) is 5.10 Å². The molecule has 0 spiro atoms. The highest BCUT2D eigenvalue weighted by Gasteiger charge is 2.35. The van der Waals surface area contributed by atoms with Gasteiger partial charge in [-0.25, -0.2) is 8.42 Å². The molecule has 2 heterocycles. The number of rotatable bonds is 0. The maximum absolute atomic E-state index is 11.5. The summed E-state index contributed by atoms with van der Waals surface area (Å²) in [6.07, 6.45) is 1.39. The van der Waals surface area contributed by atoms with Gasteiger partial charge in [0.2, 0.25) is 10.0 Å². The van der Waals surface area contributed by atoms with Crippen LogP contribution in [-0.4, -0.2) is 36.8 Å². The predicted molar refractivity (Wildman–Crippen MR) is 49.7 cm³/mol. The van der Waals surface area contributed by atoms with Gasteiger partial charge in [-0.15, -0.1) is 0 Å². The molecule has 0 unspecified atom stereocenters. The van der Waals surface area contributed by atoms with Gasteiger partial charge in [0.05, 0.1) is 11.8 Å². The second kappa shape index (κ2) is 2.57. The van der Waals surface area contributed by atoms with Crippen LogP contribution in [0.4, 0.5) is 5.82 Å². The zero-order valence-corrected chi connectivity index (χ0v) is 8.58. The molecule has 7 heteroatoms. The Labute approximate surface area is 81.2 Å². The largest absolute Gasteiger partial charge is 0.293 e. The highest BCUT2D eigenvalue weighted by Crippen LogP contribution is 2.26. The quantitative estimate of drug-likeness (QED) is 0.578. The third kappa shape index (κ3) is 1.05. The van der Waals surface area contributed by atoms with Crippen molar-refractivity contribution in [2.24, 2.45) is 7.05 Å². The van der Waals surface area contributed by atoms with Crippen LogP contribution in [0.25, 0.3) is 0 Å². The SMILES string of the molecule is CN1c2c(cnn2C)C(=O)CS1(=O)=O. The third-order valence-corrected chi connectivity index (χ3v) is 3.87. The van der Waals surface area contributed by atoms with Crippen LogP contribution in [0.5, 0.6) is 0 Å². The first kappa shape index (κ1) is 9.20. The fourth-order valence-corrected chi connectivity index (χ4v) is 2.63. The summed E-state index contributed by atoms with van der Waals surface area (Å²) in [7, 11) is -0.474. The summed E-state index contributed by atoms with van der Waals surface area (Å²) in [5.74, 6) is -0.533. The van der Waals surface area contributed by atoms with Crippen LogP contribution in [-0.2, 0) is 17.1 Å². The number of carbonyl (C=O) groups is 1. The molecule has 0 amide bonds. The van der Waals surface area contributed by atoms with Gasteiger partial charge in [0.1, 0.15) is 5.75 Å². The van der Waals surface area contributed by atoms with Crippen LogP contribution < -0.4 is 4.31 Å². The highest BCUT2D eigenvalue weighted by atomic mass is 32.2. The molecule has 6 nitrogen and oxygen atoms in total. The van der Waals surface area contributed by atoms with E-state index < -0.39 is 21.6 Å². The molecule has 76 valence electrons. The number of sulfonamides is 1. The lowest BCUT2D eigenvalue weighted by Crippen LogP contribution is -2.38. The number of hydrogen-bond donors (Lipinski definition) is 0. The van der Waals surface area contributed by atoms with Crippen LogP contribution in [0, 0.1) is 0 Å². The van der Waals surface area contributed by atoms with Gasteiger partial charge in [0, 0.05) is 14.1 Å². The first-order valence-electron chi connectivity index (χ1n) is 3.95. The van der Waals surface area contributed by atoms with Gasteiger partial charge in [-0.2, -0.15) is 5.10 Å². The molecule has 0 aliphatic carbocycles. The standard InChI is InChI=1S/C7H9N3O3S/c1-9-7-5(3-8-9)6(11)4-14(12,13)10(7)2/h3H,4H2,1-2H3. The summed E-state index contributed by atoms with van der Waals surface area (Å²) in [6.45, 7) is 0. The second-order valence-electron chi connectivity index (χ2n) is 3.15. The van der Waals surface area contributed by atoms with Crippen LogP contribution in [0.15, 0.2) is 6.20 Å². The predicted octanol–water partition coefficient (Wildman–Crippen LogP) is -0.618. The Kier molecular flexibility index (Phi) is 1.69. The van der Waals surface area contributed by atoms with Crippen molar-refractivity contribution in [3.05, 3.63) is 11.8 Å². The fourth-order valence-electron chi connectivity index (χ4n) is 1.47. The van der Waals surface area contributed by atoms with E-state index in [1.807, 2.05) is 0 Å². The Morgan fingerprint density at radius 2 is 2.07 bits per heavy atom. The minimum atomic E-state index is -3.49. The highest BCUT2D eigenvalue weighted by molar-refractivity contribution is 7.93. The minimum absolute atomic E-state index is 0.334. The molecule has 0 radical (unpaired) electrons. The van der Waals surface area contributed by atoms with E-state index in [1.54, 1.807) is 7.05 Å². The van der Waals surface area contributed by atoms with E-state index in [1.165, 1.54) is 17.9 Å². The van der Waals surface area contributed by atoms with Gasteiger partial charge in [-0.3, -0.25) is 13.8 Å². The van der Waals surface area contributed by atoms with Crippen LogP contribution in [0.1, 0.15) is 10.4 Å². The maximum atomic E-state index is 11.5. The first-order valence-corrected chi connectivity index (χ1v) is 5.56. The van der Waals surface area contributed by atoms with Crippen molar-refractivity contribution in [3.63, 3.8) is 0 Å². The Morgan fingerprint density at radius 1 is 1.43 bits per heavy atom. The van der Waals surface area contributed by atoms with E-state index in [0.717, 1.165) is 4.31 Å². The van der Waals surface area contributed by atoms with Crippen molar-refractivity contribution < 1.29 is 13.2 Å². The molecule has 0 fully saturated rings. The molecule has 1 aliphatic heterocycles. The lowest BCUT2D eigenvalue weighted by Gasteiger charge is -2.23. The van der Waals surface area contributed by atoms with Gasteiger partial charge in [0.15, 0.2) is 11.6 Å². The number of hydrogen-bond acceptors (Lipinski definition) is 4. The maximum Gasteiger partial charge on any atom is 0.243 e. The summed E-state index contributed by atoms with van der Waals surface area (Å²) in [5.41, 5.74) is 0.366. The first-order chi connectivity index (χ1) is 6.43. The van der Waals surface area contributed by atoms with E-state index in [-0.39, 0.29) is 0 Å². The average Bonchev–Trinajstić information content (AvgIpc) is 2.43. The molecule has 0 N–H and O–H groups in total. The van der Waals surface area contributed by atoms with E-state index >= 15 is 0 Å². The smallest absolute Gasteiger partial charge is 0.243 e. The summed E-state index contributed by atoms with van der Waals surface area (Å²) in [6, 6.07) is 0. The number of Topliss-reactive ketones (excluding diaryl/α,β-unsaturated/α-hetero) is 1. The molecule has 1 aromatic rings. The van der Waals surface area contributed by atoms with E-state index in [9.17, 15) is 13.2 Å². The number of ketones is 1. The van der Waals surface area contributed by atoms with E-state index in [4.69, 9.17) is 0 Å². The molecular formula is C7H9N3O3S. The number of carbonyl (C=O) groups excluding carboxylic acids is 1. The number of anilines is 1. The molecular weight excluding hydrogens is 206 g/mol. The Balaban J connectivity index is 2.72. The van der Waals surface area contributed by atoms with Crippen LogP contribution in [0.3, 0.4) is 0 Å². The number of nitrogens with zero attached hydrogens (tertiary/aromatic N) is 3. The molecule has 1 aliphatic rings. The van der Waals surface area contributed by atoms with Gasteiger partial charge in [-0.1, -0.05) is 0 Å². The number of aryl methyl sites for hydroxylation is 1. The minimum Gasteiger partial charge on any atom is -0.293 e. The van der Waals surface area contributed by atoms with Crippen LogP contribution >= 0.6 is 0 Å². The van der Waals surface area contributed by atoms with Gasteiger partial charge < -0.3 is 0 Å². The normalized spacial score (nSPS) is 19.6. The van der Waals surface area contributed by atoms with Gasteiger partial charge in [0.25, 0.3) is 0 Å². The summed E-state index contributed by atoms with van der Waals surface area (Å²) >= 11 is 0. The summed E-state index contributed by atoms with van der Waals surface area (Å²) in [5, 5.41) is 3.85. The van der Waals surface area contributed by atoms with E-state index in [0.29, 0.717) is 11.4 Å². The van der Waals surface area contributed by atoms with Crippen molar-refractivity contribution >= 4 is 21.6 Å². The van der Waals surface area contributed by atoms with Crippen LogP contribution in [0.2, 0.25) is 0 Å². The fraction of sp³-hybridized carbons (Fsp3) is 0.429. The van der Waals surface area contributed by atoms with Crippen molar-refractivity contribution in [1.82, 2.24) is 9.78 Å². The van der Waals surface area contributed by atoms with Crippen molar-refractivity contribution in [2.75, 3.05) is 17.1 Å². The van der Waals surface area contributed by atoms with Gasteiger partial charge in [-0.05, 0) is 0 Å². The average molecular weight is 215 g/mol. The summed E-state index contributed by atoms with van der Waals surface area (Å²) < 4.78 is 25.4. The second-order valence-corrected chi connectivity index (χ2v) is 5.15. The molecule has 2 rings (SSSR count). The lowest BCUT2D eigenvalue weighted by molar-refractivity contribution is 0.102. The topological polar surface area (TPSA) is 72.3 Å². The Bertz CT molecular complexity index is 502. The molecule has 0 saturated carbocycles. The Hall–Kier alpha value is -1.37. The molecule has 1 aromatic heterocycles. The van der Waals surface area contributed by atoms with Crippen molar-refractivity contribution in [2.45, 2.75) is 0 Å². The van der Waals surface area contributed by atoms with Crippen molar-refractivity contribution in [1.29, 1.82) is 0 Å². The molecule has 0 aromatic carbocycles. The zero-order chi connectivity index (χ0) is 10.5. The van der Waals surface area contributed by atoms with Gasteiger partial charge >= 0.3 is 0 Å². The molecule has 0 bridgehead atoms. The lowest BCUT2D eigenvalue weighted by atomic mass is 10.2. The monoisotopic (exact) mass is 215 g/mol. The molecule has 14 heavy (non-hydrogen) atoms. The Morgan fingerprint density at radius 3 is 2.71 bits per heavy atom. The molecule has 0 atom stereocenters. The zero-order valence-electron chi connectivity index (χ0n) is 7.76. The number of aromatic nitrogens is 2.